The minimum atomic E-state index is -0.260. The lowest BCUT2D eigenvalue weighted by Gasteiger charge is -2.14. The number of nitrogens with zero attached hydrogens (tertiary/aromatic N) is 4. The largest absolute Gasteiger partial charge is 0.342 e. The molecule has 2 aromatic rings. The van der Waals surface area contributed by atoms with Crippen LogP contribution in [0, 0.1) is 0 Å². The summed E-state index contributed by atoms with van der Waals surface area (Å²) in [6, 6.07) is 2.63. The van der Waals surface area contributed by atoms with Gasteiger partial charge >= 0.3 is 0 Å². The Morgan fingerprint density at radius 1 is 1.43 bits per heavy atom. The van der Waals surface area contributed by atoms with Crippen molar-refractivity contribution in [1.82, 2.24) is 24.6 Å². The molecule has 1 N–H and O–H groups in total. The number of amides is 1. The lowest BCUT2D eigenvalue weighted by Crippen LogP contribution is -2.30. The summed E-state index contributed by atoms with van der Waals surface area (Å²) >= 11 is 0. The first-order chi connectivity index (χ1) is 10.0. The van der Waals surface area contributed by atoms with Crippen LogP contribution >= 0.6 is 0 Å². The van der Waals surface area contributed by atoms with Crippen molar-refractivity contribution in [2.24, 2.45) is 7.05 Å². The molecule has 0 aliphatic heterocycles. The Morgan fingerprint density at radius 2 is 2.19 bits per heavy atom. The van der Waals surface area contributed by atoms with Gasteiger partial charge in [-0.2, -0.15) is 0 Å². The first kappa shape index (κ1) is 15.0. The molecule has 7 nitrogen and oxygen atoms in total. The molecule has 21 heavy (non-hydrogen) atoms. The molecule has 0 saturated carbocycles. The molecule has 0 spiro atoms. The molecule has 2 heterocycles. The molecule has 0 fully saturated rings. The third-order valence-electron chi connectivity index (χ3n) is 3.19. The molecule has 0 radical (unpaired) electrons. The van der Waals surface area contributed by atoms with E-state index in [0.717, 1.165) is 18.8 Å². The van der Waals surface area contributed by atoms with E-state index in [1.165, 1.54) is 22.9 Å². The number of aryl methyl sites for hydroxylation is 2. The zero-order valence-corrected chi connectivity index (χ0v) is 12.4. The SMILES string of the molecule is CCCn1cnnc1[C@@H](C)NC(=O)c1ccc(=O)n(C)c1. The number of carbonyl (C=O) groups is 1. The molecule has 2 aromatic heterocycles. The molecule has 0 saturated heterocycles. The third-order valence-corrected chi connectivity index (χ3v) is 3.19. The van der Waals surface area contributed by atoms with Crippen molar-refractivity contribution in [3.8, 4) is 0 Å². The van der Waals surface area contributed by atoms with Crippen molar-refractivity contribution >= 4 is 5.91 Å². The van der Waals surface area contributed by atoms with Crippen LogP contribution in [0.15, 0.2) is 29.5 Å². The van der Waals surface area contributed by atoms with E-state index in [-0.39, 0.29) is 17.5 Å². The zero-order valence-electron chi connectivity index (χ0n) is 12.4. The summed E-state index contributed by atoms with van der Waals surface area (Å²) < 4.78 is 3.30. The van der Waals surface area contributed by atoms with Gasteiger partial charge in [-0.05, 0) is 19.4 Å². The number of aromatic nitrogens is 4. The van der Waals surface area contributed by atoms with Crippen molar-refractivity contribution in [1.29, 1.82) is 0 Å². The lowest BCUT2D eigenvalue weighted by molar-refractivity contribution is 0.0936. The Labute approximate surface area is 122 Å². The fraction of sp³-hybridized carbons (Fsp3) is 0.429. The average molecular weight is 289 g/mol. The van der Waals surface area contributed by atoms with E-state index in [1.54, 1.807) is 13.4 Å². The second-order valence-corrected chi connectivity index (χ2v) is 4.94. The highest BCUT2D eigenvalue weighted by molar-refractivity contribution is 5.94. The molecular weight excluding hydrogens is 270 g/mol. The van der Waals surface area contributed by atoms with Gasteiger partial charge in [-0.3, -0.25) is 9.59 Å². The standard InChI is InChI=1S/C14H19N5O2/c1-4-7-19-9-15-17-13(19)10(2)16-14(21)11-5-6-12(20)18(3)8-11/h5-6,8-10H,4,7H2,1-3H3,(H,16,21)/t10-/m1/s1. The fourth-order valence-corrected chi connectivity index (χ4v) is 2.09. The lowest BCUT2D eigenvalue weighted by atomic mass is 10.2. The van der Waals surface area contributed by atoms with Crippen LogP contribution in [0.25, 0.3) is 0 Å². The van der Waals surface area contributed by atoms with Gasteiger partial charge in [-0.15, -0.1) is 10.2 Å². The van der Waals surface area contributed by atoms with Crippen LogP contribution in [-0.2, 0) is 13.6 Å². The number of nitrogens with one attached hydrogen (secondary N) is 1. The van der Waals surface area contributed by atoms with Gasteiger partial charge in [0.1, 0.15) is 6.33 Å². The van der Waals surface area contributed by atoms with E-state index in [2.05, 4.69) is 22.4 Å². The molecule has 0 aliphatic rings. The van der Waals surface area contributed by atoms with Crippen LogP contribution < -0.4 is 10.9 Å². The quantitative estimate of drug-likeness (QED) is 0.885. The van der Waals surface area contributed by atoms with E-state index < -0.39 is 0 Å². The second kappa shape index (κ2) is 6.34. The Balaban J connectivity index is 2.13. The molecular formula is C14H19N5O2. The van der Waals surface area contributed by atoms with Crippen molar-refractivity contribution < 1.29 is 4.79 Å². The van der Waals surface area contributed by atoms with E-state index in [1.807, 2.05) is 11.5 Å². The zero-order chi connectivity index (χ0) is 15.4. The highest BCUT2D eigenvalue weighted by atomic mass is 16.2. The number of carbonyl (C=O) groups excluding carboxylic acids is 1. The molecule has 2 rings (SSSR count). The summed E-state index contributed by atoms with van der Waals surface area (Å²) in [6.07, 6.45) is 4.14. The maximum absolute atomic E-state index is 12.2. The van der Waals surface area contributed by atoms with Gasteiger partial charge in [-0.25, -0.2) is 0 Å². The topological polar surface area (TPSA) is 81.8 Å². The van der Waals surface area contributed by atoms with Crippen LogP contribution in [0.4, 0.5) is 0 Å². The smallest absolute Gasteiger partial charge is 0.253 e. The monoisotopic (exact) mass is 289 g/mol. The van der Waals surface area contributed by atoms with Crippen LogP contribution in [0.5, 0.6) is 0 Å². The highest BCUT2D eigenvalue weighted by Gasteiger charge is 2.16. The molecule has 1 amide bonds. The second-order valence-electron chi connectivity index (χ2n) is 4.94. The average Bonchev–Trinajstić information content (AvgIpc) is 2.90. The van der Waals surface area contributed by atoms with Crippen molar-refractivity contribution in [3.63, 3.8) is 0 Å². The van der Waals surface area contributed by atoms with Crippen molar-refractivity contribution in [2.75, 3.05) is 0 Å². The molecule has 0 unspecified atom stereocenters. The summed E-state index contributed by atoms with van der Waals surface area (Å²) in [7, 11) is 1.61. The molecule has 0 aliphatic carbocycles. The Morgan fingerprint density at radius 3 is 2.86 bits per heavy atom. The minimum Gasteiger partial charge on any atom is -0.342 e. The number of rotatable bonds is 5. The number of pyridine rings is 1. The maximum atomic E-state index is 12.2. The first-order valence-electron chi connectivity index (χ1n) is 6.88. The van der Waals surface area contributed by atoms with Gasteiger partial charge in [0.2, 0.25) is 5.56 Å². The van der Waals surface area contributed by atoms with Gasteiger partial charge in [0, 0.05) is 25.9 Å². The van der Waals surface area contributed by atoms with Gasteiger partial charge in [-0.1, -0.05) is 6.92 Å². The summed E-state index contributed by atoms with van der Waals surface area (Å²) in [6.45, 7) is 4.73. The Hall–Kier alpha value is -2.44. The van der Waals surface area contributed by atoms with Crippen molar-refractivity contribution in [3.05, 3.63) is 46.4 Å². The first-order valence-corrected chi connectivity index (χ1v) is 6.88. The van der Waals surface area contributed by atoms with Gasteiger partial charge in [0.15, 0.2) is 5.82 Å². The molecule has 7 heteroatoms. The van der Waals surface area contributed by atoms with Crippen LogP contribution in [0.2, 0.25) is 0 Å². The molecule has 1 atom stereocenters. The summed E-state index contributed by atoms with van der Waals surface area (Å²) in [5.74, 6) is 0.471. The predicted molar refractivity (Wildman–Crippen MR) is 77.9 cm³/mol. The fourth-order valence-electron chi connectivity index (χ4n) is 2.09. The maximum Gasteiger partial charge on any atom is 0.253 e. The van der Waals surface area contributed by atoms with E-state index in [0.29, 0.717) is 5.56 Å². The van der Waals surface area contributed by atoms with Crippen molar-refractivity contribution in [2.45, 2.75) is 32.9 Å². The van der Waals surface area contributed by atoms with Crippen LogP contribution in [0.1, 0.15) is 42.5 Å². The summed E-state index contributed by atoms with van der Waals surface area (Å²) in [5.41, 5.74) is 0.285. The number of hydrogen-bond donors (Lipinski definition) is 1. The molecule has 0 bridgehead atoms. The summed E-state index contributed by atoms with van der Waals surface area (Å²) in [5, 5.41) is 10.8. The third kappa shape index (κ3) is 3.36. The van der Waals surface area contributed by atoms with Gasteiger partial charge in [0.25, 0.3) is 5.91 Å². The molecule has 0 aromatic carbocycles. The van der Waals surface area contributed by atoms with Crippen LogP contribution in [0.3, 0.4) is 0 Å². The van der Waals surface area contributed by atoms with E-state index >= 15 is 0 Å². The van der Waals surface area contributed by atoms with Gasteiger partial charge < -0.3 is 14.5 Å². The molecule has 112 valence electrons. The van der Waals surface area contributed by atoms with Crippen LogP contribution in [-0.4, -0.2) is 25.2 Å². The predicted octanol–water partition coefficient (Wildman–Crippen LogP) is 0.878. The van der Waals surface area contributed by atoms with E-state index in [4.69, 9.17) is 0 Å². The van der Waals surface area contributed by atoms with Gasteiger partial charge in [0.05, 0.1) is 11.6 Å². The Kier molecular flexibility index (Phi) is 4.52. The van der Waals surface area contributed by atoms with E-state index in [9.17, 15) is 9.59 Å². The Bertz CT molecular complexity index is 689. The highest BCUT2D eigenvalue weighted by Crippen LogP contribution is 2.10. The minimum absolute atomic E-state index is 0.151. The summed E-state index contributed by atoms with van der Waals surface area (Å²) in [4.78, 5) is 23.5. The number of hydrogen-bond acceptors (Lipinski definition) is 4. The normalized spacial score (nSPS) is 12.1.